The maximum Gasteiger partial charge on any atom is 0.330 e. The van der Waals surface area contributed by atoms with Crippen molar-refractivity contribution in [1.29, 1.82) is 0 Å². The van der Waals surface area contributed by atoms with E-state index < -0.39 is 11.8 Å². The lowest BCUT2D eigenvalue weighted by Gasteiger charge is -2.25. The molecule has 0 unspecified atom stereocenters. The lowest BCUT2D eigenvalue weighted by Crippen LogP contribution is -2.44. The summed E-state index contributed by atoms with van der Waals surface area (Å²) in [6.07, 6.45) is 6.26. The second-order valence-electron chi connectivity index (χ2n) is 10.2. The number of benzene rings is 2. The number of fused-ring (bicyclic) bond motifs is 3. The number of aromatic nitrogens is 5. The van der Waals surface area contributed by atoms with Crippen LogP contribution in [0.5, 0.6) is 17.4 Å². The van der Waals surface area contributed by atoms with E-state index >= 15 is 0 Å². The number of ether oxygens (including phenoxy) is 2. The molecule has 0 bridgehead atoms. The molecule has 1 amide bonds. The summed E-state index contributed by atoms with van der Waals surface area (Å²) in [5.41, 5.74) is 5.84. The second kappa shape index (κ2) is 11.9. The smallest absolute Gasteiger partial charge is 0.330 e. The molecule has 0 aliphatic carbocycles. The van der Waals surface area contributed by atoms with Gasteiger partial charge in [-0.2, -0.15) is 0 Å². The highest BCUT2D eigenvalue weighted by molar-refractivity contribution is 5.94. The van der Waals surface area contributed by atoms with E-state index in [1.54, 1.807) is 11.7 Å². The van der Waals surface area contributed by atoms with Crippen molar-refractivity contribution in [3.05, 3.63) is 74.3 Å². The molecule has 12 heteroatoms. The molecule has 0 saturated carbocycles. The molecule has 1 aliphatic heterocycles. The molecular formula is C31H33N7O5. The van der Waals surface area contributed by atoms with E-state index in [0.29, 0.717) is 47.9 Å². The van der Waals surface area contributed by atoms with Crippen LogP contribution in [0, 0.1) is 26.2 Å². The quantitative estimate of drug-likeness (QED) is 0.304. The van der Waals surface area contributed by atoms with Crippen LogP contribution in [-0.2, 0) is 26.6 Å². The Morgan fingerprint density at radius 2 is 1.93 bits per heavy atom. The Morgan fingerprint density at radius 1 is 1.19 bits per heavy atom. The van der Waals surface area contributed by atoms with E-state index in [-0.39, 0.29) is 24.5 Å². The highest BCUT2D eigenvalue weighted by Crippen LogP contribution is 2.37. The number of aryl methyl sites for hydroxylation is 4. The lowest BCUT2D eigenvalue weighted by molar-refractivity contribution is 0.0939. The van der Waals surface area contributed by atoms with Crippen LogP contribution in [0.2, 0.25) is 0 Å². The number of terminal acetylenes is 1. The molecule has 0 saturated heterocycles. The van der Waals surface area contributed by atoms with Crippen molar-refractivity contribution in [2.45, 2.75) is 40.3 Å². The Bertz CT molecular complexity index is 1870. The molecule has 2 aromatic carbocycles. The van der Waals surface area contributed by atoms with E-state index in [9.17, 15) is 14.7 Å². The number of carbonyl (C=O) groups is 1. The van der Waals surface area contributed by atoms with Gasteiger partial charge in [0.05, 0.1) is 25.1 Å². The summed E-state index contributed by atoms with van der Waals surface area (Å²) >= 11 is 0. The van der Waals surface area contributed by atoms with Crippen LogP contribution in [0.1, 0.15) is 39.7 Å². The fourth-order valence-corrected chi connectivity index (χ4v) is 5.36. The fraction of sp³-hybridized carbons (Fsp3) is 0.323. The average Bonchev–Trinajstić information content (AvgIpc) is 3.33. The van der Waals surface area contributed by atoms with Crippen molar-refractivity contribution < 1.29 is 19.4 Å². The number of carbonyl (C=O) groups excluding carboxylic acids is 1. The van der Waals surface area contributed by atoms with Crippen molar-refractivity contribution in [2.24, 2.45) is 12.0 Å². The van der Waals surface area contributed by atoms with Crippen molar-refractivity contribution in [1.82, 2.24) is 29.4 Å². The van der Waals surface area contributed by atoms with Crippen molar-refractivity contribution in [3.63, 3.8) is 0 Å². The van der Waals surface area contributed by atoms with Gasteiger partial charge in [0.1, 0.15) is 5.49 Å². The molecule has 1 aliphatic rings. The highest BCUT2D eigenvalue weighted by Gasteiger charge is 2.23. The normalized spacial score (nSPS) is 12.3. The van der Waals surface area contributed by atoms with Gasteiger partial charge in [-0.25, -0.2) is 14.5 Å². The predicted octanol–water partition coefficient (Wildman–Crippen LogP) is 2.37. The maximum atomic E-state index is 14.0. The van der Waals surface area contributed by atoms with Crippen LogP contribution in [0.25, 0.3) is 11.3 Å². The molecule has 222 valence electrons. The molecule has 0 fully saturated rings. The second-order valence-corrected chi connectivity index (χ2v) is 10.2. The standard InChI is InChI=1S/C31H33N7O5/c1-7-20-13-18(3)27(19(4)14-20)33-26-17-23-22-16-24(42-6)25(43-8-2)15-21(22)9-11-37(23)31(41)38(26)12-10-32-29(39)28-30(40)34-35-36(28)5/h1,13-17,40H,8-12H2,2-6H3,(H,32,39). The van der Waals surface area contributed by atoms with E-state index in [2.05, 4.69) is 21.5 Å². The van der Waals surface area contributed by atoms with Crippen LogP contribution in [0.3, 0.4) is 0 Å². The van der Waals surface area contributed by atoms with Crippen molar-refractivity contribution in [2.75, 3.05) is 20.3 Å². The summed E-state index contributed by atoms with van der Waals surface area (Å²) in [5.74, 6) is 2.85. The van der Waals surface area contributed by atoms with Crippen molar-refractivity contribution >= 4 is 11.6 Å². The van der Waals surface area contributed by atoms with Crippen LogP contribution in [-0.4, -0.2) is 55.4 Å². The monoisotopic (exact) mass is 583 g/mol. The topological polar surface area (TPSA) is 138 Å². The predicted molar refractivity (Wildman–Crippen MR) is 160 cm³/mol. The zero-order valence-electron chi connectivity index (χ0n) is 24.8. The van der Waals surface area contributed by atoms with Crippen LogP contribution in [0.4, 0.5) is 5.69 Å². The Balaban J connectivity index is 1.64. The number of hydrogen-bond acceptors (Lipinski definition) is 8. The zero-order chi connectivity index (χ0) is 30.8. The van der Waals surface area contributed by atoms with Gasteiger partial charge in [-0.05, 0) is 68.1 Å². The first-order valence-electron chi connectivity index (χ1n) is 13.8. The van der Waals surface area contributed by atoms with Gasteiger partial charge in [0.15, 0.2) is 17.2 Å². The molecule has 2 aromatic heterocycles. The minimum Gasteiger partial charge on any atom is -0.493 e. The SMILES string of the molecule is C#Cc1cc(C)c(N=c2cc3n(c(=O)n2CCNC(=O)c2c(O)nnn2C)CCc2cc(OCC)c(OC)cc2-3)c(C)c1. The molecule has 0 radical (unpaired) electrons. The summed E-state index contributed by atoms with van der Waals surface area (Å²) in [5, 5.41) is 19.8. The van der Waals surface area contributed by atoms with Crippen LogP contribution in [0.15, 0.2) is 40.1 Å². The molecule has 0 atom stereocenters. The fourth-order valence-electron chi connectivity index (χ4n) is 5.36. The van der Waals surface area contributed by atoms with Gasteiger partial charge in [0.25, 0.3) is 11.8 Å². The number of aromatic hydroxyl groups is 1. The number of rotatable bonds is 8. The summed E-state index contributed by atoms with van der Waals surface area (Å²) in [4.78, 5) is 31.7. The van der Waals surface area contributed by atoms with Gasteiger partial charge >= 0.3 is 5.69 Å². The van der Waals surface area contributed by atoms with Crippen LogP contribution < -0.4 is 26.0 Å². The first-order valence-corrected chi connectivity index (χ1v) is 13.8. The molecule has 43 heavy (non-hydrogen) atoms. The van der Waals surface area contributed by atoms with E-state index in [1.165, 1.54) is 16.3 Å². The summed E-state index contributed by atoms with van der Waals surface area (Å²) < 4.78 is 15.8. The van der Waals surface area contributed by atoms with Gasteiger partial charge in [-0.3, -0.25) is 13.9 Å². The third kappa shape index (κ3) is 5.49. The number of nitrogens with one attached hydrogen (secondary N) is 1. The Kier molecular flexibility index (Phi) is 8.07. The third-order valence-corrected chi connectivity index (χ3v) is 7.39. The third-order valence-electron chi connectivity index (χ3n) is 7.39. The van der Waals surface area contributed by atoms with E-state index in [0.717, 1.165) is 27.8 Å². The number of nitrogens with zero attached hydrogens (tertiary/aromatic N) is 6. The van der Waals surface area contributed by atoms with Gasteiger partial charge in [0.2, 0.25) is 0 Å². The highest BCUT2D eigenvalue weighted by atomic mass is 16.5. The Hall–Kier alpha value is -5.31. The minimum absolute atomic E-state index is 0.0751. The van der Waals surface area contributed by atoms with Gasteiger partial charge in [-0.15, -0.1) is 6.42 Å². The first-order chi connectivity index (χ1) is 20.7. The number of amides is 1. The molecule has 2 N–H and O–H groups in total. The summed E-state index contributed by atoms with van der Waals surface area (Å²) in [7, 11) is 3.09. The molecular weight excluding hydrogens is 550 g/mol. The molecule has 3 heterocycles. The van der Waals surface area contributed by atoms with Gasteiger partial charge in [0, 0.05) is 43.9 Å². The summed E-state index contributed by atoms with van der Waals surface area (Å²) in [6.45, 7) is 6.92. The van der Waals surface area contributed by atoms with Crippen LogP contribution >= 0.6 is 0 Å². The molecule has 0 spiro atoms. The minimum atomic E-state index is -0.565. The maximum absolute atomic E-state index is 14.0. The molecule has 4 aromatic rings. The lowest BCUT2D eigenvalue weighted by atomic mass is 9.97. The first kappa shape index (κ1) is 29.2. The van der Waals surface area contributed by atoms with Gasteiger partial charge < -0.3 is 19.9 Å². The molecule has 5 rings (SSSR count). The Labute approximate surface area is 248 Å². The molecule has 12 nitrogen and oxygen atoms in total. The van der Waals surface area contributed by atoms with E-state index in [4.69, 9.17) is 20.9 Å². The van der Waals surface area contributed by atoms with Gasteiger partial charge in [-0.1, -0.05) is 16.2 Å². The number of methoxy groups -OCH3 is 1. The number of hydrogen-bond donors (Lipinski definition) is 2. The largest absolute Gasteiger partial charge is 0.493 e. The Morgan fingerprint density at radius 3 is 2.56 bits per heavy atom. The average molecular weight is 584 g/mol. The summed E-state index contributed by atoms with van der Waals surface area (Å²) in [6, 6.07) is 9.50. The van der Waals surface area contributed by atoms with Crippen molar-refractivity contribution in [3.8, 4) is 41.0 Å². The van der Waals surface area contributed by atoms with E-state index in [1.807, 2.05) is 51.1 Å². The zero-order valence-corrected chi connectivity index (χ0v) is 24.8.